The lowest BCUT2D eigenvalue weighted by Crippen LogP contribution is -2.04. The number of carbonyl (C=O) groups excluding carboxylic acids is 2. The largest absolute Gasteiger partial charge is 0.466 e. The maximum Gasteiger partial charge on any atom is 0.331 e. The van der Waals surface area contributed by atoms with Crippen LogP contribution in [-0.2, 0) is 19.1 Å². The monoisotopic (exact) mass is 298 g/mol. The summed E-state index contributed by atoms with van der Waals surface area (Å²) < 4.78 is 9.35. The molecule has 0 amide bonds. The molecule has 0 aliphatic carbocycles. The Hall–Kier alpha value is -1.32. The fourth-order valence-electron chi connectivity index (χ4n) is 2.01. The van der Waals surface area contributed by atoms with E-state index in [2.05, 4.69) is 11.7 Å². The summed E-state index contributed by atoms with van der Waals surface area (Å²) in [5.41, 5.74) is 0. The van der Waals surface area contributed by atoms with Crippen LogP contribution in [0.3, 0.4) is 0 Å². The van der Waals surface area contributed by atoms with Crippen LogP contribution in [-0.4, -0.2) is 25.7 Å². The molecule has 4 nitrogen and oxygen atoms in total. The Morgan fingerprint density at radius 1 is 0.762 bits per heavy atom. The molecule has 0 aliphatic rings. The number of methoxy groups -OCH3 is 1. The van der Waals surface area contributed by atoms with Gasteiger partial charge in [0.15, 0.2) is 0 Å². The van der Waals surface area contributed by atoms with E-state index >= 15 is 0 Å². The second kappa shape index (κ2) is 15.1. The number of hydrogen-bond donors (Lipinski definition) is 0. The van der Waals surface area contributed by atoms with Gasteiger partial charge in [-0.05, 0) is 6.42 Å². The molecule has 0 unspecified atom stereocenters. The molecule has 0 radical (unpaired) electrons. The Morgan fingerprint density at radius 3 is 1.76 bits per heavy atom. The van der Waals surface area contributed by atoms with Gasteiger partial charge in [-0.25, -0.2) is 9.59 Å². The van der Waals surface area contributed by atoms with Crippen molar-refractivity contribution in [2.45, 2.75) is 71.1 Å². The third-order valence-corrected chi connectivity index (χ3v) is 3.30. The normalized spacial score (nSPS) is 10.8. The highest BCUT2D eigenvalue weighted by Gasteiger charge is 1.99. The van der Waals surface area contributed by atoms with Gasteiger partial charge >= 0.3 is 11.9 Å². The summed E-state index contributed by atoms with van der Waals surface area (Å²) in [5, 5.41) is 0. The van der Waals surface area contributed by atoms with Crippen molar-refractivity contribution in [2.24, 2.45) is 0 Å². The fourth-order valence-corrected chi connectivity index (χ4v) is 2.01. The molecule has 0 heterocycles. The van der Waals surface area contributed by atoms with Crippen molar-refractivity contribution in [3.05, 3.63) is 12.2 Å². The number of esters is 2. The number of rotatable bonds is 13. The quantitative estimate of drug-likeness (QED) is 0.291. The molecule has 21 heavy (non-hydrogen) atoms. The molecule has 4 heteroatoms. The first-order valence-electron chi connectivity index (χ1n) is 8.13. The summed E-state index contributed by atoms with van der Waals surface area (Å²) in [6.07, 6.45) is 14.6. The number of ether oxygens (including phenoxy) is 2. The van der Waals surface area contributed by atoms with E-state index < -0.39 is 11.9 Å². The molecule has 0 bridgehead atoms. The molecular formula is C17H30O4. The van der Waals surface area contributed by atoms with Gasteiger partial charge in [-0.15, -0.1) is 0 Å². The van der Waals surface area contributed by atoms with Gasteiger partial charge in [0.1, 0.15) is 0 Å². The van der Waals surface area contributed by atoms with Crippen LogP contribution in [0.15, 0.2) is 12.2 Å². The first-order valence-corrected chi connectivity index (χ1v) is 8.13. The van der Waals surface area contributed by atoms with E-state index in [-0.39, 0.29) is 0 Å². The van der Waals surface area contributed by atoms with Crippen molar-refractivity contribution < 1.29 is 19.1 Å². The average Bonchev–Trinajstić information content (AvgIpc) is 2.50. The second-order valence-corrected chi connectivity index (χ2v) is 5.21. The lowest BCUT2D eigenvalue weighted by atomic mass is 10.1. The number of unbranched alkanes of at least 4 members (excludes halogenated alkanes) is 9. The van der Waals surface area contributed by atoms with Crippen LogP contribution in [0.1, 0.15) is 71.1 Å². The van der Waals surface area contributed by atoms with Crippen LogP contribution >= 0.6 is 0 Å². The van der Waals surface area contributed by atoms with Gasteiger partial charge < -0.3 is 9.47 Å². The summed E-state index contributed by atoms with van der Waals surface area (Å²) in [4.78, 5) is 22.0. The van der Waals surface area contributed by atoms with Crippen molar-refractivity contribution in [3.8, 4) is 0 Å². The van der Waals surface area contributed by atoms with Gasteiger partial charge in [0.25, 0.3) is 0 Å². The molecule has 0 aliphatic heterocycles. The van der Waals surface area contributed by atoms with E-state index in [0.29, 0.717) is 6.61 Å². The smallest absolute Gasteiger partial charge is 0.331 e. The van der Waals surface area contributed by atoms with Crippen LogP contribution in [0.2, 0.25) is 0 Å². The second-order valence-electron chi connectivity index (χ2n) is 5.21. The van der Waals surface area contributed by atoms with Crippen molar-refractivity contribution in [1.29, 1.82) is 0 Å². The highest BCUT2D eigenvalue weighted by Crippen LogP contribution is 2.10. The first-order chi connectivity index (χ1) is 10.2. The maximum absolute atomic E-state index is 11.2. The molecule has 0 aromatic heterocycles. The molecular weight excluding hydrogens is 268 g/mol. The molecule has 0 saturated carbocycles. The van der Waals surface area contributed by atoms with Gasteiger partial charge in [-0.2, -0.15) is 0 Å². The minimum atomic E-state index is -0.550. The van der Waals surface area contributed by atoms with E-state index in [0.717, 1.165) is 25.0 Å². The molecule has 122 valence electrons. The maximum atomic E-state index is 11.2. The standard InChI is InChI=1S/C17H30O4/c1-3-4-5-6-7-8-9-10-11-12-15-21-17(19)14-13-16(18)20-2/h13-14H,3-12,15H2,1-2H3/b14-13-. The molecule has 0 fully saturated rings. The molecule has 0 aromatic rings. The highest BCUT2D eigenvalue weighted by molar-refractivity contribution is 5.91. The molecule has 0 spiro atoms. The SMILES string of the molecule is CCCCCCCCCCCCOC(=O)/C=C\C(=O)OC. The third kappa shape index (κ3) is 14.9. The number of carbonyl (C=O) groups is 2. The summed E-state index contributed by atoms with van der Waals surface area (Å²) >= 11 is 0. The van der Waals surface area contributed by atoms with Gasteiger partial charge in [0.05, 0.1) is 13.7 Å². The predicted octanol–water partition coefficient (Wildman–Crippen LogP) is 4.18. The van der Waals surface area contributed by atoms with Gasteiger partial charge in [0.2, 0.25) is 0 Å². The van der Waals surface area contributed by atoms with E-state index in [1.165, 1.54) is 58.5 Å². The van der Waals surface area contributed by atoms with Gasteiger partial charge in [0, 0.05) is 12.2 Å². The van der Waals surface area contributed by atoms with Crippen molar-refractivity contribution in [2.75, 3.05) is 13.7 Å². The fraction of sp³-hybridized carbons (Fsp3) is 0.765. The lowest BCUT2D eigenvalue weighted by molar-refractivity contribution is -0.139. The summed E-state index contributed by atoms with van der Waals surface area (Å²) in [5.74, 6) is -1.04. The molecule has 0 aromatic carbocycles. The van der Waals surface area contributed by atoms with E-state index in [4.69, 9.17) is 4.74 Å². The van der Waals surface area contributed by atoms with Crippen LogP contribution < -0.4 is 0 Å². The Labute approximate surface area is 128 Å². The Morgan fingerprint density at radius 2 is 1.24 bits per heavy atom. The van der Waals surface area contributed by atoms with Crippen LogP contribution in [0, 0.1) is 0 Å². The van der Waals surface area contributed by atoms with Crippen molar-refractivity contribution in [1.82, 2.24) is 0 Å². The highest BCUT2D eigenvalue weighted by atomic mass is 16.5. The molecule has 0 N–H and O–H groups in total. The zero-order valence-corrected chi connectivity index (χ0v) is 13.6. The third-order valence-electron chi connectivity index (χ3n) is 3.30. The van der Waals surface area contributed by atoms with E-state index in [9.17, 15) is 9.59 Å². The Kier molecular flexibility index (Phi) is 14.1. The first kappa shape index (κ1) is 19.7. The van der Waals surface area contributed by atoms with Crippen LogP contribution in [0.5, 0.6) is 0 Å². The Balaban J connectivity index is 3.27. The van der Waals surface area contributed by atoms with E-state index in [1.807, 2.05) is 0 Å². The van der Waals surface area contributed by atoms with Crippen LogP contribution in [0.25, 0.3) is 0 Å². The predicted molar refractivity (Wildman–Crippen MR) is 84.0 cm³/mol. The van der Waals surface area contributed by atoms with Gasteiger partial charge in [-0.1, -0.05) is 64.7 Å². The summed E-state index contributed by atoms with van der Waals surface area (Å²) in [6, 6.07) is 0. The average molecular weight is 298 g/mol. The minimum Gasteiger partial charge on any atom is -0.466 e. The topological polar surface area (TPSA) is 52.6 Å². The lowest BCUT2D eigenvalue weighted by Gasteiger charge is -2.03. The molecule has 0 saturated heterocycles. The summed E-state index contributed by atoms with van der Waals surface area (Å²) in [6.45, 7) is 2.65. The molecule has 0 rings (SSSR count). The number of hydrogen-bond acceptors (Lipinski definition) is 4. The van der Waals surface area contributed by atoms with Crippen molar-refractivity contribution >= 4 is 11.9 Å². The van der Waals surface area contributed by atoms with E-state index in [1.54, 1.807) is 0 Å². The van der Waals surface area contributed by atoms with Crippen LogP contribution in [0.4, 0.5) is 0 Å². The molecule has 0 atom stereocenters. The minimum absolute atomic E-state index is 0.418. The Bertz CT molecular complexity index is 297. The zero-order valence-electron chi connectivity index (χ0n) is 13.6. The van der Waals surface area contributed by atoms with Crippen molar-refractivity contribution in [3.63, 3.8) is 0 Å². The summed E-state index contributed by atoms with van der Waals surface area (Å²) in [7, 11) is 1.27. The van der Waals surface area contributed by atoms with Gasteiger partial charge in [-0.3, -0.25) is 0 Å². The zero-order chi connectivity index (χ0) is 15.8.